The lowest BCUT2D eigenvalue weighted by Crippen LogP contribution is -2.74. The molecule has 2 aromatic rings. The molecule has 472 valence electrons. The molecule has 0 unspecified atom stereocenters. The van der Waals surface area contributed by atoms with Gasteiger partial charge < -0.3 is 10.2 Å². The SMILES string of the molecule is CC(C)(C)c1cc(C(F)(F)C(F)(F)C(F)(F)C(F)(F)C(F)(F)C(F)(F)C(F)(F)C(F)(F)F)cc(C=N[C@H]2CCCC[C@@H]2N=Cc2cc(C(F)(F)C(F)(F)C(F)(F)C(F)(F)C(F)(F)C(F)(F)C(F)(F)C(F)(F)F)cc(C(C)(C)C)c2O)c1O. The summed E-state index contributed by atoms with van der Waals surface area (Å²) in [7, 11) is 0. The van der Waals surface area contributed by atoms with E-state index in [1.807, 2.05) is 0 Å². The van der Waals surface area contributed by atoms with Gasteiger partial charge >= 0.3 is 95.3 Å². The van der Waals surface area contributed by atoms with E-state index in [-0.39, 0.29) is 25.3 Å². The maximum Gasteiger partial charge on any atom is 0.460 e. The second-order valence-corrected chi connectivity index (χ2v) is 20.4. The first-order chi connectivity index (χ1) is 35.7. The average Bonchev–Trinajstić information content (AvgIpc) is 3.28. The van der Waals surface area contributed by atoms with E-state index in [2.05, 4.69) is 9.98 Å². The lowest BCUT2D eigenvalue weighted by Gasteiger charge is -2.43. The molecule has 2 atom stereocenters. The van der Waals surface area contributed by atoms with Crippen LogP contribution in [-0.4, -0.2) is 118 Å². The van der Waals surface area contributed by atoms with Crippen LogP contribution in [0.5, 0.6) is 11.5 Å². The van der Waals surface area contributed by atoms with Crippen LogP contribution in [0.2, 0.25) is 0 Å². The maximum atomic E-state index is 15.7. The third kappa shape index (κ3) is 10.5. The van der Waals surface area contributed by atoms with Crippen molar-refractivity contribution < 1.29 is 159 Å². The molecule has 2 N–H and O–H groups in total. The van der Waals surface area contributed by atoms with E-state index in [1.54, 1.807) is 0 Å². The van der Waals surface area contributed by atoms with E-state index in [1.165, 1.54) is 0 Å². The molecular formula is C44H36F34N2O2. The molecule has 82 heavy (non-hydrogen) atoms. The number of halogens is 34. The van der Waals surface area contributed by atoms with Gasteiger partial charge in [0, 0.05) is 45.8 Å². The molecule has 3 rings (SSSR count). The van der Waals surface area contributed by atoms with Crippen molar-refractivity contribution in [2.24, 2.45) is 9.98 Å². The summed E-state index contributed by atoms with van der Waals surface area (Å²) >= 11 is 0. The fourth-order valence-corrected chi connectivity index (χ4v) is 7.50. The van der Waals surface area contributed by atoms with E-state index in [9.17, 15) is 124 Å². The van der Waals surface area contributed by atoms with E-state index < -0.39 is 200 Å². The fourth-order valence-electron chi connectivity index (χ4n) is 7.50. The van der Waals surface area contributed by atoms with Crippen LogP contribution in [0.25, 0.3) is 0 Å². The van der Waals surface area contributed by atoms with Gasteiger partial charge in [0.2, 0.25) is 0 Å². The summed E-state index contributed by atoms with van der Waals surface area (Å²) < 4.78 is 482. The number of hydrogen-bond acceptors (Lipinski definition) is 4. The van der Waals surface area contributed by atoms with Gasteiger partial charge in [0.15, 0.2) is 0 Å². The van der Waals surface area contributed by atoms with E-state index in [0.717, 1.165) is 41.5 Å². The molecule has 1 saturated carbocycles. The molecule has 0 aromatic heterocycles. The number of aromatic hydroxyl groups is 2. The Morgan fingerprint density at radius 2 is 0.537 bits per heavy atom. The largest absolute Gasteiger partial charge is 0.507 e. The smallest absolute Gasteiger partial charge is 0.460 e. The van der Waals surface area contributed by atoms with Gasteiger partial charge in [-0.2, -0.15) is 149 Å². The highest BCUT2D eigenvalue weighted by Crippen LogP contribution is 2.67. The Morgan fingerprint density at radius 1 is 0.329 bits per heavy atom. The summed E-state index contributed by atoms with van der Waals surface area (Å²) in [5.74, 6) is -122. The predicted molar refractivity (Wildman–Crippen MR) is 214 cm³/mol. The quantitative estimate of drug-likeness (QED) is 0.115. The van der Waals surface area contributed by atoms with Crippen LogP contribution < -0.4 is 0 Å². The van der Waals surface area contributed by atoms with Crippen molar-refractivity contribution >= 4 is 12.4 Å². The monoisotopic (exact) mass is 1270 g/mol. The highest BCUT2D eigenvalue weighted by molar-refractivity contribution is 5.86. The minimum absolute atomic E-state index is 0.0344. The Hall–Kier alpha value is -5.00. The molecule has 0 radical (unpaired) electrons. The van der Waals surface area contributed by atoms with Crippen molar-refractivity contribution in [1.29, 1.82) is 0 Å². The number of rotatable bonds is 18. The summed E-state index contributed by atoms with van der Waals surface area (Å²) in [4.78, 5) is 7.57. The lowest BCUT2D eigenvalue weighted by molar-refractivity contribution is -0.462. The van der Waals surface area contributed by atoms with Crippen molar-refractivity contribution in [1.82, 2.24) is 0 Å². The molecule has 0 aliphatic heterocycles. The number of nitrogens with zero attached hydrogens (tertiary/aromatic N) is 2. The summed E-state index contributed by atoms with van der Waals surface area (Å²) in [5.41, 5.74) is -14.5. The summed E-state index contributed by atoms with van der Waals surface area (Å²) in [6.07, 6.45) is -16.6. The van der Waals surface area contributed by atoms with Crippen LogP contribution in [0.15, 0.2) is 34.3 Å². The van der Waals surface area contributed by atoms with E-state index in [4.69, 9.17) is 0 Å². The predicted octanol–water partition coefficient (Wildman–Crippen LogP) is 17.5. The maximum absolute atomic E-state index is 15.7. The zero-order valence-corrected chi connectivity index (χ0v) is 41.1. The molecule has 2 aromatic carbocycles. The van der Waals surface area contributed by atoms with Gasteiger partial charge in [-0.05, 0) is 47.9 Å². The Balaban J connectivity index is 2.26. The van der Waals surface area contributed by atoms with Gasteiger partial charge in [-0.15, -0.1) is 0 Å². The molecule has 0 spiro atoms. The molecule has 38 heteroatoms. The molecule has 1 aliphatic carbocycles. The molecule has 0 heterocycles. The molecule has 0 saturated heterocycles. The second kappa shape index (κ2) is 20.3. The Morgan fingerprint density at radius 3 is 0.744 bits per heavy atom. The van der Waals surface area contributed by atoms with Crippen molar-refractivity contribution in [3.05, 3.63) is 57.6 Å². The Bertz CT molecular complexity index is 2540. The average molecular weight is 1270 g/mol. The molecular weight excluding hydrogens is 1230 g/mol. The minimum atomic E-state index is -8.98. The second-order valence-electron chi connectivity index (χ2n) is 20.4. The van der Waals surface area contributed by atoms with Crippen molar-refractivity contribution in [3.8, 4) is 11.5 Å². The summed E-state index contributed by atoms with van der Waals surface area (Å²) in [6.45, 7) is 5.34. The fraction of sp³-hybridized carbons (Fsp3) is 0.682. The molecule has 4 nitrogen and oxygen atoms in total. The van der Waals surface area contributed by atoms with Crippen LogP contribution in [0, 0.1) is 0 Å². The first kappa shape index (κ1) is 71.3. The molecule has 0 bridgehead atoms. The normalized spacial score (nSPS) is 18.8. The van der Waals surface area contributed by atoms with Gasteiger partial charge in [0.1, 0.15) is 11.5 Å². The molecule has 1 fully saturated rings. The number of aliphatic imine (C=N–C) groups is 2. The topological polar surface area (TPSA) is 65.2 Å². The zero-order chi connectivity index (χ0) is 65.3. The number of phenols is 2. The summed E-state index contributed by atoms with van der Waals surface area (Å²) in [5, 5.41) is 21.9. The van der Waals surface area contributed by atoms with Crippen molar-refractivity contribution in [2.75, 3.05) is 0 Å². The summed E-state index contributed by atoms with van der Waals surface area (Å²) in [6, 6.07) is -5.20. The highest BCUT2D eigenvalue weighted by atomic mass is 19.4. The van der Waals surface area contributed by atoms with Gasteiger partial charge in [-0.25, -0.2) is 0 Å². The number of phenolic OH excluding ortho intramolecular Hbond substituents is 2. The lowest BCUT2D eigenvalue weighted by atomic mass is 9.81. The van der Waals surface area contributed by atoms with Gasteiger partial charge in [-0.1, -0.05) is 54.4 Å². The standard InChI is InChI=1S/C44H36F34N2O2/c1-27(2,3)21-13-19(29(45,46)31(49,50)33(53,54)35(57,58)37(61,62)39(65,66)41(69,70)43(73,74)75)11-17(25(21)81)15-79-23-9-7-8-10-24(23)80-16-18-12-20(14-22(26(18)82)28(4,5)6)30(47,48)32(51,52)34(55,56)36(59,60)38(63,64)40(67,68)42(71,72)44(76,77)78/h11-16,23-24,81-82H,7-10H2,1-6H3/t23-,24-/m0/s1. The molecule has 1 aliphatic rings. The third-order valence-electron chi connectivity index (χ3n) is 12.6. The minimum Gasteiger partial charge on any atom is -0.507 e. The van der Waals surface area contributed by atoms with Crippen molar-refractivity contribution in [3.63, 3.8) is 0 Å². The number of benzene rings is 2. The Kier molecular flexibility index (Phi) is 17.7. The highest BCUT2D eigenvalue weighted by Gasteiger charge is 2.97. The third-order valence-corrected chi connectivity index (χ3v) is 12.6. The van der Waals surface area contributed by atoms with Crippen LogP contribution >= 0.6 is 0 Å². The van der Waals surface area contributed by atoms with Crippen LogP contribution in [0.1, 0.15) is 101 Å². The van der Waals surface area contributed by atoms with Crippen molar-refractivity contribution in [2.45, 2.75) is 185 Å². The van der Waals surface area contributed by atoms with Crippen LogP contribution in [0.4, 0.5) is 149 Å². The van der Waals surface area contributed by atoms with Gasteiger partial charge in [0.05, 0.1) is 12.1 Å². The van der Waals surface area contributed by atoms with Gasteiger partial charge in [-0.3, -0.25) is 9.98 Å². The van der Waals surface area contributed by atoms with Gasteiger partial charge in [0.25, 0.3) is 0 Å². The van der Waals surface area contributed by atoms with E-state index >= 15 is 35.1 Å². The number of hydrogen-bond donors (Lipinski definition) is 2. The van der Waals surface area contributed by atoms with Crippen LogP contribution in [0.3, 0.4) is 0 Å². The Labute approximate surface area is 436 Å². The molecule has 0 amide bonds. The van der Waals surface area contributed by atoms with E-state index in [0.29, 0.717) is 0 Å². The van der Waals surface area contributed by atoms with Crippen LogP contribution in [-0.2, 0) is 22.7 Å². The first-order valence-electron chi connectivity index (χ1n) is 21.9. The zero-order valence-electron chi connectivity index (χ0n) is 41.1. The first-order valence-corrected chi connectivity index (χ1v) is 21.9. The number of alkyl halides is 34.